The van der Waals surface area contributed by atoms with Crippen LogP contribution in [0.1, 0.15) is 41.0 Å². The van der Waals surface area contributed by atoms with Crippen molar-refractivity contribution in [1.82, 2.24) is 10.2 Å². The Hall–Kier alpha value is -0.120. The summed E-state index contributed by atoms with van der Waals surface area (Å²) >= 11 is 0. The van der Waals surface area contributed by atoms with Gasteiger partial charge in [-0.15, -0.1) is 0 Å². The topological polar surface area (TPSA) is 24.5 Å². The van der Waals surface area contributed by atoms with Crippen molar-refractivity contribution < 1.29 is 4.74 Å². The zero-order chi connectivity index (χ0) is 13.6. The average Bonchev–Trinajstić information content (AvgIpc) is 2.27. The van der Waals surface area contributed by atoms with Gasteiger partial charge >= 0.3 is 0 Å². The molecule has 1 fully saturated rings. The van der Waals surface area contributed by atoms with E-state index >= 15 is 0 Å². The molecule has 0 aromatic rings. The largest absolute Gasteiger partial charge is 0.381 e. The SMILES string of the molecule is CC(C)COCCCN1CCNC(C(C)(C)C)C1. The summed E-state index contributed by atoms with van der Waals surface area (Å²) in [4.78, 5) is 2.57. The standard InChI is InChI=1S/C15H32N2O/c1-13(2)12-18-10-6-8-17-9-7-16-14(11-17)15(3,4)5/h13-14,16H,6-12H2,1-5H3. The molecule has 1 N–H and O–H groups in total. The van der Waals surface area contributed by atoms with Crippen LogP contribution in [0.5, 0.6) is 0 Å². The first-order valence-electron chi connectivity index (χ1n) is 7.43. The summed E-state index contributed by atoms with van der Waals surface area (Å²) in [5, 5.41) is 3.63. The molecule has 0 radical (unpaired) electrons. The Morgan fingerprint density at radius 3 is 2.67 bits per heavy atom. The Labute approximate surface area is 113 Å². The molecule has 0 spiro atoms. The lowest BCUT2D eigenvalue weighted by Crippen LogP contribution is -2.55. The number of hydrogen-bond donors (Lipinski definition) is 1. The number of nitrogens with zero attached hydrogens (tertiary/aromatic N) is 1. The minimum Gasteiger partial charge on any atom is -0.381 e. The van der Waals surface area contributed by atoms with Gasteiger partial charge in [0.15, 0.2) is 0 Å². The van der Waals surface area contributed by atoms with Gasteiger partial charge < -0.3 is 15.0 Å². The summed E-state index contributed by atoms with van der Waals surface area (Å²) in [5.74, 6) is 0.648. The summed E-state index contributed by atoms with van der Waals surface area (Å²) in [6.07, 6.45) is 1.16. The smallest absolute Gasteiger partial charge is 0.0489 e. The maximum Gasteiger partial charge on any atom is 0.0489 e. The minimum absolute atomic E-state index is 0.354. The van der Waals surface area contributed by atoms with Gasteiger partial charge in [0.25, 0.3) is 0 Å². The summed E-state index contributed by atoms with van der Waals surface area (Å²) in [7, 11) is 0. The molecule has 1 aliphatic rings. The van der Waals surface area contributed by atoms with E-state index in [1.165, 1.54) is 19.6 Å². The van der Waals surface area contributed by atoms with Gasteiger partial charge in [0.2, 0.25) is 0 Å². The molecule has 1 unspecified atom stereocenters. The van der Waals surface area contributed by atoms with E-state index in [1.54, 1.807) is 0 Å². The predicted molar refractivity (Wildman–Crippen MR) is 78.0 cm³/mol. The quantitative estimate of drug-likeness (QED) is 0.738. The van der Waals surface area contributed by atoms with Crippen LogP contribution >= 0.6 is 0 Å². The Balaban J connectivity index is 2.15. The van der Waals surface area contributed by atoms with Crippen molar-refractivity contribution in [3.8, 4) is 0 Å². The number of piperazine rings is 1. The van der Waals surface area contributed by atoms with Crippen LogP contribution in [-0.2, 0) is 4.74 Å². The molecule has 108 valence electrons. The molecular formula is C15H32N2O. The Morgan fingerprint density at radius 2 is 2.06 bits per heavy atom. The van der Waals surface area contributed by atoms with E-state index < -0.39 is 0 Å². The first kappa shape index (κ1) is 15.9. The Morgan fingerprint density at radius 1 is 1.33 bits per heavy atom. The molecule has 1 aliphatic heterocycles. The van der Waals surface area contributed by atoms with Gasteiger partial charge in [-0.2, -0.15) is 0 Å². The van der Waals surface area contributed by atoms with E-state index in [2.05, 4.69) is 44.8 Å². The van der Waals surface area contributed by atoms with E-state index in [1.807, 2.05) is 0 Å². The molecule has 0 aromatic heterocycles. The van der Waals surface area contributed by atoms with Crippen molar-refractivity contribution in [1.29, 1.82) is 0 Å². The highest BCUT2D eigenvalue weighted by atomic mass is 16.5. The van der Waals surface area contributed by atoms with E-state index in [-0.39, 0.29) is 0 Å². The highest BCUT2D eigenvalue weighted by molar-refractivity contribution is 4.87. The molecule has 18 heavy (non-hydrogen) atoms. The third-order valence-corrected chi connectivity index (χ3v) is 3.52. The Kier molecular flexibility index (Phi) is 6.61. The first-order valence-corrected chi connectivity index (χ1v) is 7.43. The minimum atomic E-state index is 0.354. The van der Waals surface area contributed by atoms with E-state index in [0.717, 1.165) is 26.2 Å². The average molecular weight is 256 g/mol. The van der Waals surface area contributed by atoms with Crippen LogP contribution in [0.2, 0.25) is 0 Å². The predicted octanol–water partition coefficient (Wildman–Crippen LogP) is 2.37. The van der Waals surface area contributed by atoms with Crippen LogP contribution in [0.4, 0.5) is 0 Å². The molecule has 1 atom stereocenters. The van der Waals surface area contributed by atoms with Crippen molar-refractivity contribution >= 4 is 0 Å². The van der Waals surface area contributed by atoms with Gasteiger partial charge in [0, 0.05) is 45.4 Å². The fourth-order valence-electron chi connectivity index (χ4n) is 2.30. The van der Waals surface area contributed by atoms with E-state index in [0.29, 0.717) is 17.4 Å². The molecule has 1 rings (SSSR count). The zero-order valence-corrected chi connectivity index (χ0v) is 13.0. The number of nitrogens with one attached hydrogen (secondary N) is 1. The molecule has 3 nitrogen and oxygen atoms in total. The lowest BCUT2D eigenvalue weighted by molar-refractivity contribution is 0.0870. The van der Waals surface area contributed by atoms with Gasteiger partial charge in [-0.3, -0.25) is 0 Å². The summed E-state index contributed by atoms with van der Waals surface area (Å²) in [6, 6.07) is 0.614. The molecule has 0 aliphatic carbocycles. The summed E-state index contributed by atoms with van der Waals surface area (Å²) in [5.41, 5.74) is 0.354. The second-order valence-corrected chi connectivity index (χ2v) is 7.00. The van der Waals surface area contributed by atoms with Crippen LogP contribution in [0, 0.1) is 11.3 Å². The van der Waals surface area contributed by atoms with Gasteiger partial charge in [-0.1, -0.05) is 34.6 Å². The van der Waals surface area contributed by atoms with Crippen molar-refractivity contribution in [2.75, 3.05) is 39.4 Å². The van der Waals surface area contributed by atoms with Crippen LogP contribution in [0.15, 0.2) is 0 Å². The lowest BCUT2D eigenvalue weighted by atomic mass is 9.85. The third kappa shape index (κ3) is 6.17. The molecule has 3 heteroatoms. The lowest BCUT2D eigenvalue weighted by Gasteiger charge is -2.40. The van der Waals surface area contributed by atoms with Crippen molar-refractivity contribution in [3.63, 3.8) is 0 Å². The molecule has 0 amide bonds. The highest BCUT2D eigenvalue weighted by Gasteiger charge is 2.28. The van der Waals surface area contributed by atoms with Gasteiger partial charge in [0.05, 0.1) is 0 Å². The molecule has 0 aromatic carbocycles. The molecule has 0 saturated carbocycles. The molecule has 1 saturated heterocycles. The van der Waals surface area contributed by atoms with Gasteiger partial charge in [0.1, 0.15) is 0 Å². The van der Waals surface area contributed by atoms with Crippen molar-refractivity contribution in [2.45, 2.75) is 47.1 Å². The molecule has 0 bridgehead atoms. The fraction of sp³-hybridized carbons (Fsp3) is 1.00. The van der Waals surface area contributed by atoms with Gasteiger partial charge in [-0.25, -0.2) is 0 Å². The second-order valence-electron chi connectivity index (χ2n) is 7.00. The first-order chi connectivity index (χ1) is 8.39. The maximum atomic E-state index is 5.64. The highest BCUT2D eigenvalue weighted by Crippen LogP contribution is 2.21. The third-order valence-electron chi connectivity index (χ3n) is 3.52. The van der Waals surface area contributed by atoms with Crippen LogP contribution in [-0.4, -0.2) is 50.3 Å². The maximum absolute atomic E-state index is 5.64. The van der Waals surface area contributed by atoms with Crippen LogP contribution in [0.3, 0.4) is 0 Å². The zero-order valence-electron chi connectivity index (χ0n) is 13.0. The molecule has 1 heterocycles. The number of rotatable bonds is 6. The van der Waals surface area contributed by atoms with Crippen molar-refractivity contribution in [2.24, 2.45) is 11.3 Å². The van der Waals surface area contributed by atoms with Crippen LogP contribution in [0.25, 0.3) is 0 Å². The second kappa shape index (κ2) is 7.46. The monoisotopic (exact) mass is 256 g/mol. The fourth-order valence-corrected chi connectivity index (χ4v) is 2.30. The summed E-state index contributed by atoms with van der Waals surface area (Å²) < 4.78 is 5.64. The summed E-state index contributed by atoms with van der Waals surface area (Å²) in [6.45, 7) is 17.8. The Bertz CT molecular complexity index is 223. The normalized spacial score (nSPS) is 22.7. The van der Waals surface area contributed by atoms with Crippen molar-refractivity contribution in [3.05, 3.63) is 0 Å². The number of ether oxygens (including phenoxy) is 1. The van der Waals surface area contributed by atoms with E-state index in [9.17, 15) is 0 Å². The van der Waals surface area contributed by atoms with Crippen LogP contribution < -0.4 is 5.32 Å². The van der Waals surface area contributed by atoms with E-state index in [4.69, 9.17) is 4.74 Å². The van der Waals surface area contributed by atoms with Gasteiger partial charge in [-0.05, 0) is 17.8 Å². The number of hydrogen-bond acceptors (Lipinski definition) is 3. The molecular weight excluding hydrogens is 224 g/mol.